The van der Waals surface area contributed by atoms with E-state index in [-0.39, 0.29) is 42.5 Å². The Kier molecular flexibility index (Phi) is 8.81. The van der Waals surface area contributed by atoms with Crippen LogP contribution in [0.25, 0.3) is 0 Å². The molecule has 0 radical (unpaired) electrons. The number of nitrogens with two attached hydrogens (primary N) is 1. The summed E-state index contributed by atoms with van der Waals surface area (Å²) in [6.45, 7) is 5.30. The number of rotatable bonds is 7. The van der Waals surface area contributed by atoms with Crippen LogP contribution < -0.4 is 16.4 Å². The molecular weight excluding hydrogens is 391 g/mol. The van der Waals surface area contributed by atoms with Gasteiger partial charge in [0.25, 0.3) is 0 Å². The first kappa shape index (κ1) is 23.0. The first-order chi connectivity index (χ1) is 12.3. The monoisotopic (exact) mass is 414 g/mol. The number of amides is 2. The number of halogens is 2. The van der Waals surface area contributed by atoms with E-state index in [2.05, 4.69) is 15.6 Å². The second-order valence-corrected chi connectivity index (χ2v) is 7.42. The molecule has 4 N–H and O–H groups in total. The highest BCUT2D eigenvalue weighted by atomic mass is 35.5. The molecule has 1 heterocycles. The lowest BCUT2D eigenvalue weighted by atomic mass is 10.1. The fourth-order valence-electron chi connectivity index (χ4n) is 2.21. The molecule has 0 spiro atoms. The van der Waals surface area contributed by atoms with E-state index >= 15 is 0 Å². The number of aryl methyl sites for hydroxylation is 1. The lowest BCUT2D eigenvalue weighted by Gasteiger charge is -2.14. The van der Waals surface area contributed by atoms with Gasteiger partial charge in [-0.3, -0.25) is 9.59 Å². The van der Waals surface area contributed by atoms with Crippen molar-refractivity contribution in [1.29, 1.82) is 0 Å². The van der Waals surface area contributed by atoms with Gasteiger partial charge in [-0.05, 0) is 24.5 Å². The summed E-state index contributed by atoms with van der Waals surface area (Å²) in [5.41, 5.74) is 7.03. The number of hydrogen-bond donors (Lipinski definition) is 3. The number of aromatic nitrogens is 1. The summed E-state index contributed by atoms with van der Waals surface area (Å²) in [6, 6.07) is 5.90. The highest BCUT2D eigenvalue weighted by molar-refractivity contribution is 7.15. The van der Waals surface area contributed by atoms with Crippen LogP contribution in [-0.4, -0.2) is 29.4 Å². The molecule has 1 aromatic heterocycles. The molecule has 0 aliphatic heterocycles. The summed E-state index contributed by atoms with van der Waals surface area (Å²) in [6.07, 6.45) is 0.409. The summed E-state index contributed by atoms with van der Waals surface area (Å²) in [4.78, 5) is 28.9. The lowest BCUT2D eigenvalue weighted by molar-refractivity contribution is -0.125. The highest BCUT2D eigenvalue weighted by Crippen LogP contribution is 2.25. The normalized spacial score (nSPS) is 11.6. The molecule has 2 aromatic rings. The fourth-order valence-corrected chi connectivity index (χ4v) is 3.21. The van der Waals surface area contributed by atoms with E-state index in [1.54, 1.807) is 18.2 Å². The smallest absolute Gasteiger partial charge is 0.245 e. The minimum absolute atomic E-state index is 0. The standard InChI is InChI=1S/C18H23FN4O2S.ClH/c1-10(2)16(20)17(25)21-9-15(24)23-18-22-11(3)14(26-18)8-12-6-4-5-7-13(12)19;/h4-7,10,16H,8-9,20H2,1-3H3,(H,21,25)(H,22,23,24);1H/t16-;/m0./s1. The Morgan fingerprint density at radius 3 is 2.59 bits per heavy atom. The molecule has 1 aromatic carbocycles. The zero-order valence-corrected chi connectivity index (χ0v) is 17.0. The van der Waals surface area contributed by atoms with E-state index in [0.717, 1.165) is 10.6 Å². The van der Waals surface area contributed by atoms with Gasteiger partial charge in [0.05, 0.1) is 18.3 Å². The third kappa shape index (κ3) is 6.57. The number of nitrogens with zero attached hydrogens (tertiary/aromatic N) is 1. The van der Waals surface area contributed by atoms with Crippen molar-refractivity contribution in [3.05, 3.63) is 46.2 Å². The molecule has 6 nitrogen and oxygen atoms in total. The van der Waals surface area contributed by atoms with Gasteiger partial charge in [-0.1, -0.05) is 32.0 Å². The minimum atomic E-state index is -0.655. The summed E-state index contributed by atoms with van der Waals surface area (Å²) >= 11 is 1.29. The largest absolute Gasteiger partial charge is 0.346 e. The van der Waals surface area contributed by atoms with Crippen LogP contribution in [0, 0.1) is 18.7 Å². The first-order valence-corrected chi connectivity index (χ1v) is 9.12. The average Bonchev–Trinajstić information content (AvgIpc) is 2.93. The Bertz CT molecular complexity index is 797. The zero-order chi connectivity index (χ0) is 19.3. The Balaban J connectivity index is 0.00000364. The molecule has 0 aliphatic carbocycles. The molecule has 148 valence electrons. The van der Waals surface area contributed by atoms with Crippen LogP contribution in [0.4, 0.5) is 9.52 Å². The Morgan fingerprint density at radius 2 is 1.96 bits per heavy atom. The predicted molar refractivity (Wildman–Crippen MR) is 108 cm³/mol. The molecule has 2 rings (SSSR count). The van der Waals surface area contributed by atoms with Gasteiger partial charge in [-0.2, -0.15) is 0 Å². The van der Waals surface area contributed by atoms with Crippen molar-refractivity contribution in [2.75, 3.05) is 11.9 Å². The van der Waals surface area contributed by atoms with Gasteiger partial charge < -0.3 is 16.4 Å². The van der Waals surface area contributed by atoms with Crippen molar-refractivity contribution >= 4 is 40.7 Å². The van der Waals surface area contributed by atoms with Crippen LogP contribution in [-0.2, 0) is 16.0 Å². The van der Waals surface area contributed by atoms with Gasteiger partial charge in [0, 0.05) is 11.3 Å². The van der Waals surface area contributed by atoms with Crippen LogP contribution in [0.2, 0.25) is 0 Å². The third-order valence-corrected chi connectivity index (χ3v) is 4.96. The third-order valence-electron chi connectivity index (χ3n) is 3.89. The maximum atomic E-state index is 13.8. The molecule has 0 saturated carbocycles. The highest BCUT2D eigenvalue weighted by Gasteiger charge is 2.18. The Labute approximate surface area is 168 Å². The molecule has 0 fully saturated rings. The summed E-state index contributed by atoms with van der Waals surface area (Å²) in [5.74, 6) is -1.04. The molecule has 0 aliphatic rings. The number of hydrogen-bond acceptors (Lipinski definition) is 5. The van der Waals surface area contributed by atoms with E-state index in [9.17, 15) is 14.0 Å². The fraction of sp³-hybridized carbons (Fsp3) is 0.389. The summed E-state index contributed by atoms with van der Waals surface area (Å²) < 4.78 is 13.8. The van der Waals surface area contributed by atoms with Crippen molar-refractivity contribution in [2.45, 2.75) is 33.2 Å². The average molecular weight is 415 g/mol. The molecule has 27 heavy (non-hydrogen) atoms. The van der Waals surface area contributed by atoms with Gasteiger partial charge in [0.1, 0.15) is 5.82 Å². The number of benzene rings is 1. The SMILES string of the molecule is Cc1nc(NC(=O)CNC(=O)[C@@H](N)C(C)C)sc1Cc1ccccc1F.Cl. The molecule has 1 atom stereocenters. The van der Waals surface area contributed by atoms with Gasteiger partial charge in [0.15, 0.2) is 5.13 Å². The summed E-state index contributed by atoms with van der Waals surface area (Å²) in [5, 5.41) is 5.57. The van der Waals surface area contributed by atoms with Crippen molar-refractivity contribution in [3.63, 3.8) is 0 Å². The molecule has 0 saturated heterocycles. The quantitative estimate of drug-likeness (QED) is 0.648. The van der Waals surface area contributed by atoms with E-state index in [1.165, 1.54) is 17.4 Å². The van der Waals surface area contributed by atoms with Crippen LogP contribution in [0.5, 0.6) is 0 Å². The van der Waals surface area contributed by atoms with Crippen LogP contribution in [0.3, 0.4) is 0 Å². The van der Waals surface area contributed by atoms with Gasteiger partial charge in [-0.25, -0.2) is 9.37 Å². The maximum absolute atomic E-state index is 13.8. The van der Waals surface area contributed by atoms with Crippen molar-refractivity contribution in [3.8, 4) is 0 Å². The Morgan fingerprint density at radius 1 is 1.30 bits per heavy atom. The van der Waals surface area contributed by atoms with Crippen LogP contribution in [0.15, 0.2) is 24.3 Å². The number of carbonyl (C=O) groups excluding carboxylic acids is 2. The maximum Gasteiger partial charge on any atom is 0.245 e. The van der Waals surface area contributed by atoms with Crippen molar-refractivity contribution in [2.24, 2.45) is 11.7 Å². The minimum Gasteiger partial charge on any atom is -0.346 e. The number of carbonyl (C=O) groups is 2. The van der Waals surface area contributed by atoms with Gasteiger partial charge in [-0.15, -0.1) is 23.7 Å². The summed E-state index contributed by atoms with van der Waals surface area (Å²) in [7, 11) is 0. The van der Waals surface area contributed by atoms with E-state index < -0.39 is 6.04 Å². The molecule has 2 amide bonds. The predicted octanol–water partition coefficient (Wildman–Crippen LogP) is 2.64. The molecule has 9 heteroatoms. The number of thiazole rings is 1. The lowest BCUT2D eigenvalue weighted by Crippen LogP contribution is -2.46. The van der Waals surface area contributed by atoms with Crippen LogP contribution in [0.1, 0.15) is 30.0 Å². The van der Waals surface area contributed by atoms with Crippen LogP contribution >= 0.6 is 23.7 Å². The van der Waals surface area contributed by atoms with Gasteiger partial charge >= 0.3 is 0 Å². The number of nitrogens with one attached hydrogen (secondary N) is 2. The molecule has 0 bridgehead atoms. The topological polar surface area (TPSA) is 97.1 Å². The second-order valence-electron chi connectivity index (χ2n) is 6.33. The van der Waals surface area contributed by atoms with Gasteiger partial charge in [0.2, 0.25) is 11.8 Å². The first-order valence-electron chi connectivity index (χ1n) is 8.30. The van der Waals surface area contributed by atoms with Crippen molar-refractivity contribution in [1.82, 2.24) is 10.3 Å². The molecule has 0 unspecified atom stereocenters. The molecular formula is C18H24ClFN4O2S. The zero-order valence-electron chi connectivity index (χ0n) is 15.4. The van der Waals surface area contributed by atoms with E-state index in [4.69, 9.17) is 5.73 Å². The van der Waals surface area contributed by atoms with Crippen molar-refractivity contribution < 1.29 is 14.0 Å². The van der Waals surface area contributed by atoms with E-state index in [0.29, 0.717) is 17.1 Å². The Hall–Kier alpha value is -2.03. The second kappa shape index (κ2) is 10.3. The van der Waals surface area contributed by atoms with E-state index in [1.807, 2.05) is 20.8 Å². The number of anilines is 1.